The van der Waals surface area contributed by atoms with Gasteiger partial charge in [-0.15, -0.1) is 6.58 Å². The molecular formula is C25H25BrN2O3. The molecule has 2 aromatic carbocycles. The predicted molar refractivity (Wildman–Crippen MR) is 125 cm³/mol. The summed E-state index contributed by atoms with van der Waals surface area (Å²) in [6.45, 7) is 4.87. The standard InChI is InChI=1S/C25H25BrN2O3/c1-2-15-28(25(30)21-10-12-22(26)13-11-21)19-24(29)27(18-23-9-6-17-31-23)16-14-20-7-4-3-5-8-20/h2-13,17H,1,14-16,18-19H2. The molecule has 0 saturated carbocycles. The van der Waals surface area contributed by atoms with E-state index >= 15 is 0 Å². The fraction of sp³-hybridized carbons (Fsp3) is 0.200. The van der Waals surface area contributed by atoms with Crippen molar-refractivity contribution in [3.8, 4) is 0 Å². The van der Waals surface area contributed by atoms with Crippen LogP contribution in [-0.2, 0) is 17.8 Å². The first kappa shape index (κ1) is 22.6. The number of halogens is 1. The predicted octanol–water partition coefficient (Wildman–Crippen LogP) is 4.94. The van der Waals surface area contributed by atoms with E-state index in [1.807, 2.05) is 48.5 Å². The van der Waals surface area contributed by atoms with Crippen LogP contribution in [-0.4, -0.2) is 41.2 Å². The third-order valence-electron chi connectivity index (χ3n) is 4.85. The zero-order valence-corrected chi connectivity index (χ0v) is 18.8. The van der Waals surface area contributed by atoms with Gasteiger partial charge in [0.15, 0.2) is 0 Å². The molecule has 3 aromatic rings. The van der Waals surface area contributed by atoms with E-state index in [-0.39, 0.29) is 24.9 Å². The summed E-state index contributed by atoms with van der Waals surface area (Å²) in [6, 6.07) is 20.8. The molecule has 0 atom stereocenters. The molecule has 5 nitrogen and oxygen atoms in total. The highest BCUT2D eigenvalue weighted by atomic mass is 79.9. The summed E-state index contributed by atoms with van der Waals surface area (Å²) in [4.78, 5) is 29.4. The van der Waals surface area contributed by atoms with E-state index in [1.165, 1.54) is 4.90 Å². The third kappa shape index (κ3) is 6.69. The van der Waals surface area contributed by atoms with Crippen LogP contribution < -0.4 is 0 Å². The van der Waals surface area contributed by atoms with Gasteiger partial charge in [-0.2, -0.15) is 0 Å². The Morgan fingerprint density at radius 3 is 2.35 bits per heavy atom. The number of carbonyl (C=O) groups is 2. The molecule has 1 aromatic heterocycles. The summed E-state index contributed by atoms with van der Waals surface area (Å²) in [5, 5.41) is 0. The van der Waals surface area contributed by atoms with E-state index in [1.54, 1.807) is 35.4 Å². The summed E-state index contributed by atoms with van der Waals surface area (Å²) >= 11 is 3.38. The Hall–Kier alpha value is -3.12. The molecule has 0 aliphatic heterocycles. The molecule has 0 spiro atoms. The van der Waals surface area contributed by atoms with Crippen molar-refractivity contribution in [2.75, 3.05) is 19.6 Å². The van der Waals surface area contributed by atoms with Crippen LogP contribution in [0.2, 0.25) is 0 Å². The molecule has 0 N–H and O–H groups in total. The number of rotatable bonds is 10. The molecule has 0 aliphatic carbocycles. The number of benzene rings is 2. The molecule has 0 unspecified atom stereocenters. The zero-order valence-electron chi connectivity index (χ0n) is 17.2. The minimum absolute atomic E-state index is 0.0313. The van der Waals surface area contributed by atoms with Crippen LogP contribution in [0.5, 0.6) is 0 Å². The van der Waals surface area contributed by atoms with Crippen LogP contribution in [0.25, 0.3) is 0 Å². The maximum Gasteiger partial charge on any atom is 0.254 e. The van der Waals surface area contributed by atoms with Gasteiger partial charge in [0.1, 0.15) is 12.3 Å². The molecule has 0 radical (unpaired) electrons. The lowest BCUT2D eigenvalue weighted by molar-refractivity contribution is -0.132. The lowest BCUT2D eigenvalue weighted by atomic mass is 10.1. The van der Waals surface area contributed by atoms with Crippen LogP contribution in [0.15, 0.2) is 94.5 Å². The van der Waals surface area contributed by atoms with Crippen LogP contribution >= 0.6 is 15.9 Å². The molecule has 3 rings (SSSR count). The zero-order chi connectivity index (χ0) is 22.1. The average molecular weight is 481 g/mol. The first-order valence-corrected chi connectivity index (χ1v) is 10.9. The first-order chi connectivity index (χ1) is 15.1. The molecule has 0 aliphatic rings. The third-order valence-corrected chi connectivity index (χ3v) is 5.38. The monoisotopic (exact) mass is 480 g/mol. The molecule has 31 heavy (non-hydrogen) atoms. The minimum Gasteiger partial charge on any atom is -0.467 e. The number of furan rings is 1. The summed E-state index contributed by atoms with van der Waals surface area (Å²) < 4.78 is 6.34. The topological polar surface area (TPSA) is 53.8 Å². The smallest absolute Gasteiger partial charge is 0.254 e. The molecular weight excluding hydrogens is 456 g/mol. The summed E-state index contributed by atoms with van der Waals surface area (Å²) in [5.74, 6) is 0.359. The van der Waals surface area contributed by atoms with Crippen molar-refractivity contribution in [2.24, 2.45) is 0 Å². The second-order valence-electron chi connectivity index (χ2n) is 7.11. The Labute approximate surface area is 191 Å². The molecule has 160 valence electrons. The highest BCUT2D eigenvalue weighted by molar-refractivity contribution is 9.10. The van der Waals surface area contributed by atoms with Crippen molar-refractivity contribution in [1.29, 1.82) is 0 Å². The van der Waals surface area contributed by atoms with Crippen molar-refractivity contribution in [1.82, 2.24) is 9.80 Å². The number of hydrogen-bond donors (Lipinski definition) is 0. The fourth-order valence-electron chi connectivity index (χ4n) is 3.20. The van der Waals surface area contributed by atoms with Gasteiger partial charge >= 0.3 is 0 Å². The van der Waals surface area contributed by atoms with Gasteiger partial charge < -0.3 is 14.2 Å². The van der Waals surface area contributed by atoms with E-state index in [0.29, 0.717) is 24.4 Å². The largest absolute Gasteiger partial charge is 0.467 e. The van der Waals surface area contributed by atoms with E-state index in [4.69, 9.17) is 4.42 Å². The van der Waals surface area contributed by atoms with Gasteiger partial charge in [-0.1, -0.05) is 52.3 Å². The second kappa shape index (κ2) is 11.3. The Bertz CT molecular complexity index is 985. The molecule has 0 fully saturated rings. The Morgan fingerprint density at radius 2 is 1.71 bits per heavy atom. The lowest BCUT2D eigenvalue weighted by Crippen LogP contribution is -2.43. The van der Waals surface area contributed by atoms with Crippen LogP contribution in [0.1, 0.15) is 21.7 Å². The molecule has 1 heterocycles. The van der Waals surface area contributed by atoms with E-state index < -0.39 is 0 Å². The highest BCUT2D eigenvalue weighted by Gasteiger charge is 2.22. The molecule has 6 heteroatoms. The highest BCUT2D eigenvalue weighted by Crippen LogP contribution is 2.14. The Balaban J connectivity index is 1.73. The van der Waals surface area contributed by atoms with Crippen LogP contribution in [0, 0.1) is 0 Å². The van der Waals surface area contributed by atoms with Crippen molar-refractivity contribution in [2.45, 2.75) is 13.0 Å². The van der Waals surface area contributed by atoms with Gasteiger partial charge in [-0.25, -0.2) is 0 Å². The average Bonchev–Trinajstić information content (AvgIpc) is 3.30. The van der Waals surface area contributed by atoms with Crippen LogP contribution in [0.3, 0.4) is 0 Å². The number of nitrogens with zero attached hydrogens (tertiary/aromatic N) is 2. The van der Waals surface area contributed by atoms with Gasteiger partial charge in [0.2, 0.25) is 5.91 Å². The second-order valence-corrected chi connectivity index (χ2v) is 8.03. The van der Waals surface area contributed by atoms with Crippen molar-refractivity contribution >= 4 is 27.7 Å². The van der Waals surface area contributed by atoms with Gasteiger partial charge in [-0.05, 0) is 48.4 Å². The van der Waals surface area contributed by atoms with Crippen LogP contribution in [0.4, 0.5) is 0 Å². The first-order valence-electron chi connectivity index (χ1n) is 10.1. The number of carbonyl (C=O) groups excluding carboxylic acids is 2. The Morgan fingerprint density at radius 1 is 0.968 bits per heavy atom. The summed E-state index contributed by atoms with van der Waals surface area (Å²) in [7, 11) is 0. The number of hydrogen-bond acceptors (Lipinski definition) is 3. The fourth-order valence-corrected chi connectivity index (χ4v) is 3.47. The van der Waals surface area contributed by atoms with Gasteiger partial charge in [-0.3, -0.25) is 9.59 Å². The van der Waals surface area contributed by atoms with Crippen molar-refractivity contribution in [3.05, 3.63) is 107 Å². The maximum atomic E-state index is 13.2. The van der Waals surface area contributed by atoms with Crippen molar-refractivity contribution in [3.63, 3.8) is 0 Å². The van der Waals surface area contributed by atoms with Gasteiger partial charge in [0.05, 0.1) is 12.8 Å². The van der Waals surface area contributed by atoms with E-state index in [2.05, 4.69) is 22.5 Å². The summed E-state index contributed by atoms with van der Waals surface area (Å²) in [5.41, 5.74) is 1.67. The lowest BCUT2D eigenvalue weighted by Gasteiger charge is -2.27. The SMILES string of the molecule is C=CCN(CC(=O)N(CCc1ccccc1)Cc1ccco1)C(=O)c1ccc(Br)cc1. The molecule has 0 saturated heterocycles. The molecule has 0 bridgehead atoms. The maximum absolute atomic E-state index is 13.2. The van der Waals surface area contributed by atoms with Crippen molar-refractivity contribution < 1.29 is 14.0 Å². The summed E-state index contributed by atoms with van der Waals surface area (Å²) in [6.07, 6.45) is 3.94. The van der Waals surface area contributed by atoms with E-state index in [0.717, 1.165) is 16.5 Å². The Kier molecular flexibility index (Phi) is 8.24. The van der Waals surface area contributed by atoms with Gasteiger partial charge in [0, 0.05) is 23.1 Å². The molecule has 2 amide bonds. The minimum atomic E-state index is -0.207. The normalized spacial score (nSPS) is 10.5. The number of amides is 2. The van der Waals surface area contributed by atoms with Gasteiger partial charge in [0.25, 0.3) is 5.91 Å². The quantitative estimate of drug-likeness (QED) is 0.386. The van der Waals surface area contributed by atoms with E-state index in [9.17, 15) is 9.59 Å².